The van der Waals surface area contributed by atoms with E-state index in [-0.39, 0.29) is 6.42 Å². The molecule has 1 aromatic carbocycles. The number of ether oxygens (including phenoxy) is 1. The molecule has 1 aliphatic rings. The molecule has 3 nitrogen and oxygen atoms in total. The zero-order chi connectivity index (χ0) is 9.97. The highest BCUT2D eigenvalue weighted by Gasteiger charge is 2.15. The van der Waals surface area contributed by atoms with Gasteiger partial charge in [-0.2, -0.15) is 0 Å². The smallest absolute Gasteiger partial charge is 0.303 e. The van der Waals surface area contributed by atoms with E-state index < -0.39 is 5.97 Å². The van der Waals surface area contributed by atoms with Crippen LogP contribution in [0.3, 0.4) is 0 Å². The van der Waals surface area contributed by atoms with Gasteiger partial charge in [0.2, 0.25) is 0 Å². The number of aliphatic carboxylic acids is 1. The summed E-state index contributed by atoms with van der Waals surface area (Å²) in [6.07, 6.45) is 1.66. The molecule has 0 unspecified atom stereocenters. The summed E-state index contributed by atoms with van der Waals surface area (Å²) in [6.45, 7) is 0.722. The van der Waals surface area contributed by atoms with Crippen molar-refractivity contribution in [2.45, 2.75) is 19.3 Å². The Hall–Kier alpha value is -1.51. The molecule has 0 aromatic heterocycles. The maximum Gasteiger partial charge on any atom is 0.303 e. The van der Waals surface area contributed by atoms with Crippen molar-refractivity contribution in [1.82, 2.24) is 0 Å². The Labute approximate surface area is 82.3 Å². The Morgan fingerprint density at radius 1 is 1.50 bits per heavy atom. The van der Waals surface area contributed by atoms with Crippen molar-refractivity contribution >= 4 is 5.97 Å². The molecule has 0 aliphatic carbocycles. The first kappa shape index (κ1) is 9.06. The number of hydrogen-bond donors (Lipinski definition) is 1. The quantitative estimate of drug-likeness (QED) is 0.791. The summed E-state index contributed by atoms with van der Waals surface area (Å²) in [5.74, 6) is 0.148. The summed E-state index contributed by atoms with van der Waals surface area (Å²) < 4.78 is 5.47. The van der Waals surface area contributed by atoms with E-state index in [1.165, 1.54) is 5.56 Å². The summed E-state index contributed by atoms with van der Waals surface area (Å²) in [7, 11) is 0. The van der Waals surface area contributed by atoms with Gasteiger partial charge in [0.15, 0.2) is 0 Å². The van der Waals surface area contributed by atoms with Gasteiger partial charge in [-0.3, -0.25) is 4.79 Å². The number of carbonyl (C=O) groups is 1. The standard InChI is InChI=1S/C11H12O3/c12-10(13)5-4-8-2-1-3-9-6-7-14-11(8)9/h1-3H,4-7H2,(H,12,13). The summed E-state index contributed by atoms with van der Waals surface area (Å²) in [4.78, 5) is 10.4. The summed E-state index contributed by atoms with van der Waals surface area (Å²) in [5, 5.41) is 8.58. The zero-order valence-corrected chi connectivity index (χ0v) is 7.82. The van der Waals surface area contributed by atoms with Gasteiger partial charge in [0.1, 0.15) is 5.75 Å². The monoisotopic (exact) mass is 192 g/mol. The number of aryl methyl sites for hydroxylation is 1. The lowest BCUT2D eigenvalue weighted by molar-refractivity contribution is -0.136. The summed E-state index contributed by atoms with van der Waals surface area (Å²) in [5.41, 5.74) is 2.22. The van der Waals surface area contributed by atoms with Gasteiger partial charge >= 0.3 is 5.97 Å². The average Bonchev–Trinajstić information content (AvgIpc) is 2.62. The second kappa shape index (κ2) is 3.70. The van der Waals surface area contributed by atoms with Gasteiger partial charge in [-0.1, -0.05) is 18.2 Å². The van der Waals surface area contributed by atoms with E-state index in [1.54, 1.807) is 0 Å². The molecule has 1 N–H and O–H groups in total. The second-order valence-electron chi connectivity index (χ2n) is 3.40. The normalized spacial score (nSPS) is 13.4. The minimum absolute atomic E-state index is 0.166. The van der Waals surface area contributed by atoms with E-state index in [2.05, 4.69) is 0 Å². The molecular formula is C11H12O3. The van der Waals surface area contributed by atoms with Crippen molar-refractivity contribution in [3.05, 3.63) is 29.3 Å². The molecule has 0 saturated heterocycles. The Morgan fingerprint density at radius 2 is 2.36 bits per heavy atom. The van der Waals surface area contributed by atoms with Crippen LogP contribution in [0.5, 0.6) is 5.75 Å². The van der Waals surface area contributed by atoms with Gasteiger partial charge in [-0.15, -0.1) is 0 Å². The molecule has 74 valence electrons. The van der Waals surface area contributed by atoms with Crippen molar-refractivity contribution in [3.63, 3.8) is 0 Å². The van der Waals surface area contributed by atoms with Crippen LogP contribution in [0.4, 0.5) is 0 Å². The van der Waals surface area contributed by atoms with Crippen LogP contribution in [0.2, 0.25) is 0 Å². The fourth-order valence-electron chi connectivity index (χ4n) is 1.72. The van der Waals surface area contributed by atoms with Gasteiger partial charge in [0.05, 0.1) is 6.61 Å². The lowest BCUT2D eigenvalue weighted by atomic mass is 10.0. The first-order valence-electron chi connectivity index (χ1n) is 4.73. The number of fused-ring (bicyclic) bond motifs is 1. The van der Waals surface area contributed by atoms with Crippen molar-refractivity contribution in [3.8, 4) is 5.75 Å². The topological polar surface area (TPSA) is 46.5 Å². The molecule has 2 rings (SSSR count). The lowest BCUT2D eigenvalue weighted by Gasteiger charge is -2.05. The molecule has 1 heterocycles. The van der Waals surface area contributed by atoms with E-state index in [0.29, 0.717) is 6.42 Å². The predicted molar refractivity (Wildman–Crippen MR) is 51.6 cm³/mol. The predicted octanol–water partition coefficient (Wildman–Crippen LogP) is 1.64. The molecular weight excluding hydrogens is 180 g/mol. The summed E-state index contributed by atoms with van der Waals surface area (Å²) in [6, 6.07) is 5.93. The van der Waals surface area contributed by atoms with Crippen molar-refractivity contribution in [1.29, 1.82) is 0 Å². The van der Waals surface area contributed by atoms with E-state index in [9.17, 15) is 4.79 Å². The van der Waals surface area contributed by atoms with Gasteiger partial charge in [0, 0.05) is 12.8 Å². The molecule has 0 fully saturated rings. The first-order valence-corrected chi connectivity index (χ1v) is 4.73. The van der Waals surface area contributed by atoms with Crippen LogP contribution in [-0.4, -0.2) is 17.7 Å². The van der Waals surface area contributed by atoms with E-state index in [1.807, 2.05) is 18.2 Å². The Kier molecular flexibility index (Phi) is 2.39. The Bertz CT molecular complexity index is 358. The van der Waals surface area contributed by atoms with E-state index in [4.69, 9.17) is 9.84 Å². The van der Waals surface area contributed by atoms with Gasteiger partial charge in [-0.25, -0.2) is 0 Å². The molecule has 0 bridgehead atoms. The van der Waals surface area contributed by atoms with E-state index >= 15 is 0 Å². The fraction of sp³-hybridized carbons (Fsp3) is 0.364. The molecule has 0 spiro atoms. The molecule has 0 atom stereocenters. The SMILES string of the molecule is O=C(O)CCc1cccc2c1OCC2. The molecule has 3 heteroatoms. The largest absolute Gasteiger partial charge is 0.493 e. The van der Waals surface area contributed by atoms with Crippen LogP contribution in [-0.2, 0) is 17.6 Å². The van der Waals surface area contributed by atoms with Crippen LogP contribution in [0.1, 0.15) is 17.5 Å². The van der Waals surface area contributed by atoms with Crippen molar-refractivity contribution in [2.75, 3.05) is 6.61 Å². The van der Waals surface area contributed by atoms with Crippen molar-refractivity contribution in [2.24, 2.45) is 0 Å². The number of carboxylic acids is 1. The molecule has 0 amide bonds. The zero-order valence-electron chi connectivity index (χ0n) is 7.82. The highest BCUT2D eigenvalue weighted by molar-refractivity contribution is 5.67. The van der Waals surface area contributed by atoms with E-state index in [0.717, 1.165) is 24.3 Å². The third kappa shape index (κ3) is 1.71. The first-order chi connectivity index (χ1) is 6.77. The van der Waals surface area contributed by atoms with Crippen LogP contribution in [0, 0.1) is 0 Å². The van der Waals surface area contributed by atoms with Gasteiger partial charge < -0.3 is 9.84 Å². The number of hydrogen-bond acceptors (Lipinski definition) is 2. The van der Waals surface area contributed by atoms with Crippen molar-refractivity contribution < 1.29 is 14.6 Å². The number of rotatable bonds is 3. The van der Waals surface area contributed by atoms with Crippen LogP contribution >= 0.6 is 0 Å². The molecule has 1 aromatic rings. The molecule has 14 heavy (non-hydrogen) atoms. The Morgan fingerprint density at radius 3 is 3.14 bits per heavy atom. The molecule has 1 aliphatic heterocycles. The highest BCUT2D eigenvalue weighted by Crippen LogP contribution is 2.29. The van der Waals surface area contributed by atoms with Crippen LogP contribution in [0.15, 0.2) is 18.2 Å². The van der Waals surface area contributed by atoms with Crippen LogP contribution in [0.25, 0.3) is 0 Å². The number of carboxylic acid groups (broad SMARTS) is 1. The second-order valence-corrected chi connectivity index (χ2v) is 3.40. The Balaban J connectivity index is 2.17. The maximum atomic E-state index is 10.4. The van der Waals surface area contributed by atoms with Gasteiger partial charge in [0.25, 0.3) is 0 Å². The minimum atomic E-state index is -0.763. The fourth-order valence-corrected chi connectivity index (χ4v) is 1.72. The molecule has 0 saturated carbocycles. The third-order valence-corrected chi connectivity index (χ3v) is 2.40. The summed E-state index contributed by atoms with van der Waals surface area (Å²) >= 11 is 0. The average molecular weight is 192 g/mol. The third-order valence-electron chi connectivity index (χ3n) is 2.40. The van der Waals surface area contributed by atoms with Gasteiger partial charge in [-0.05, 0) is 17.5 Å². The maximum absolute atomic E-state index is 10.4. The number of para-hydroxylation sites is 1. The molecule has 0 radical (unpaired) electrons. The lowest BCUT2D eigenvalue weighted by Crippen LogP contribution is -1.99. The number of benzene rings is 1. The highest BCUT2D eigenvalue weighted by atomic mass is 16.5. The van der Waals surface area contributed by atoms with Crippen LogP contribution < -0.4 is 4.74 Å². The minimum Gasteiger partial charge on any atom is -0.493 e.